The minimum absolute atomic E-state index is 0.0176. The first-order valence-electron chi connectivity index (χ1n) is 12.0. The molecule has 2 aromatic carbocycles. The molecule has 2 aliphatic carbocycles. The van der Waals surface area contributed by atoms with E-state index in [1.165, 1.54) is 22.3 Å². The third kappa shape index (κ3) is 4.15. The van der Waals surface area contributed by atoms with Crippen LogP contribution >= 0.6 is 0 Å². The van der Waals surface area contributed by atoms with E-state index in [0.29, 0.717) is 32.5 Å². The molecule has 0 unspecified atom stereocenters. The zero-order valence-corrected chi connectivity index (χ0v) is 19.3. The van der Waals surface area contributed by atoms with Gasteiger partial charge in [-0.15, -0.1) is 0 Å². The molecule has 34 heavy (non-hydrogen) atoms. The standard InChI is InChI=1S/C27H30N2O5/c1-27(25(31)32)10-12-29(13-11-27)24(30)22-14-17(22)15-28-26(33)34-16-23-20-8-4-2-6-18(20)19-7-3-5-9-21(19)23/h2-9,17,22-23H,10-16H2,1H3,(H,28,33)(H,31,32)/t17-,22-/m0/s1. The lowest BCUT2D eigenvalue weighted by molar-refractivity contribution is -0.153. The lowest BCUT2D eigenvalue weighted by atomic mass is 9.80. The van der Waals surface area contributed by atoms with Gasteiger partial charge in [-0.05, 0) is 54.4 Å². The van der Waals surface area contributed by atoms with Crippen LogP contribution in [0.5, 0.6) is 0 Å². The number of carboxylic acids is 1. The molecule has 1 heterocycles. The lowest BCUT2D eigenvalue weighted by Crippen LogP contribution is -2.46. The zero-order chi connectivity index (χ0) is 23.9. The van der Waals surface area contributed by atoms with E-state index in [1.807, 2.05) is 24.3 Å². The first-order chi connectivity index (χ1) is 16.4. The van der Waals surface area contributed by atoms with Gasteiger partial charge in [-0.2, -0.15) is 0 Å². The molecule has 0 spiro atoms. The molecule has 0 radical (unpaired) electrons. The Balaban J connectivity index is 1.08. The average Bonchev–Trinajstić information content (AvgIpc) is 3.56. The number of ether oxygens (including phenoxy) is 1. The highest BCUT2D eigenvalue weighted by molar-refractivity contribution is 5.83. The fourth-order valence-corrected chi connectivity index (χ4v) is 5.31. The van der Waals surface area contributed by atoms with E-state index < -0.39 is 17.5 Å². The number of carbonyl (C=O) groups excluding carboxylic acids is 2. The molecule has 178 valence electrons. The molecule has 2 amide bonds. The second-order valence-electron chi connectivity index (χ2n) is 10.00. The molecule has 7 nitrogen and oxygen atoms in total. The van der Waals surface area contributed by atoms with E-state index in [9.17, 15) is 19.5 Å². The average molecular weight is 463 g/mol. The Bertz CT molecular complexity index is 1080. The van der Waals surface area contributed by atoms with Crippen LogP contribution < -0.4 is 5.32 Å². The number of carboxylic acid groups (broad SMARTS) is 1. The molecule has 0 aromatic heterocycles. The monoisotopic (exact) mass is 462 g/mol. The van der Waals surface area contributed by atoms with Crippen LogP contribution in [-0.4, -0.2) is 54.2 Å². The topological polar surface area (TPSA) is 95.9 Å². The summed E-state index contributed by atoms with van der Waals surface area (Å²) in [5, 5.41) is 12.2. The molecule has 7 heteroatoms. The van der Waals surface area contributed by atoms with Crippen molar-refractivity contribution in [3.63, 3.8) is 0 Å². The van der Waals surface area contributed by atoms with Crippen molar-refractivity contribution in [2.45, 2.75) is 32.1 Å². The highest BCUT2D eigenvalue weighted by Gasteiger charge is 2.47. The van der Waals surface area contributed by atoms with Gasteiger partial charge in [0.1, 0.15) is 6.61 Å². The summed E-state index contributed by atoms with van der Waals surface area (Å²) in [5.41, 5.74) is 3.97. The summed E-state index contributed by atoms with van der Waals surface area (Å²) in [7, 11) is 0. The van der Waals surface area contributed by atoms with Gasteiger partial charge in [0.2, 0.25) is 5.91 Å². The number of alkyl carbamates (subject to hydrolysis) is 1. The maximum absolute atomic E-state index is 12.8. The van der Waals surface area contributed by atoms with Crippen molar-refractivity contribution in [3.8, 4) is 11.1 Å². The van der Waals surface area contributed by atoms with Crippen LogP contribution in [0.3, 0.4) is 0 Å². The van der Waals surface area contributed by atoms with Crippen molar-refractivity contribution in [2.24, 2.45) is 17.3 Å². The van der Waals surface area contributed by atoms with E-state index in [-0.39, 0.29) is 30.3 Å². The highest BCUT2D eigenvalue weighted by Crippen LogP contribution is 2.44. The summed E-state index contributed by atoms with van der Waals surface area (Å²) in [6.45, 7) is 3.38. The minimum Gasteiger partial charge on any atom is -0.481 e. The summed E-state index contributed by atoms with van der Waals surface area (Å²) >= 11 is 0. The molecule has 2 N–H and O–H groups in total. The van der Waals surface area contributed by atoms with Crippen LogP contribution in [0.2, 0.25) is 0 Å². The third-order valence-corrected chi connectivity index (χ3v) is 7.79. The number of aliphatic carboxylic acids is 1. The van der Waals surface area contributed by atoms with Gasteiger partial charge in [0.05, 0.1) is 5.41 Å². The minimum atomic E-state index is -0.795. The number of hydrogen-bond acceptors (Lipinski definition) is 4. The number of nitrogens with one attached hydrogen (secondary N) is 1. The van der Waals surface area contributed by atoms with E-state index in [1.54, 1.807) is 11.8 Å². The number of hydrogen-bond donors (Lipinski definition) is 2. The van der Waals surface area contributed by atoms with Crippen molar-refractivity contribution in [1.82, 2.24) is 10.2 Å². The molecule has 2 aromatic rings. The maximum Gasteiger partial charge on any atom is 0.407 e. The SMILES string of the molecule is CC1(C(=O)O)CCN(C(=O)[C@H]2C[C@H]2CNC(=O)OCC2c3ccccc3-c3ccccc32)CC1. The number of carbonyl (C=O) groups is 3. The van der Waals surface area contributed by atoms with Crippen molar-refractivity contribution < 1.29 is 24.2 Å². The molecule has 1 aliphatic heterocycles. The maximum atomic E-state index is 12.8. The first kappa shape index (κ1) is 22.4. The molecule has 3 aliphatic rings. The van der Waals surface area contributed by atoms with Crippen LogP contribution in [0.25, 0.3) is 11.1 Å². The van der Waals surface area contributed by atoms with Crippen molar-refractivity contribution in [3.05, 3.63) is 59.7 Å². The summed E-state index contributed by atoms with van der Waals surface area (Å²) in [6, 6.07) is 16.4. The van der Waals surface area contributed by atoms with E-state index in [2.05, 4.69) is 29.6 Å². The van der Waals surface area contributed by atoms with Crippen LogP contribution in [0.15, 0.2) is 48.5 Å². The Labute approximate surface area is 199 Å². The van der Waals surface area contributed by atoms with Gasteiger partial charge in [-0.25, -0.2) is 4.79 Å². The van der Waals surface area contributed by atoms with E-state index >= 15 is 0 Å². The largest absolute Gasteiger partial charge is 0.481 e. The van der Waals surface area contributed by atoms with E-state index in [4.69, 9.17) is 4.74 Å². The van der Waals surface area contributed by atoms with Crippen LogP contribution in [0, 0.1) is 17.3 Å². The molecule has 1 saturated carbocycles. The Morgan fingerprint density at radius 2 is 1.62 bits per heavy atom. The third-order valence-electron chi connectivity index (χ3n) is 7.79. The number of rotatable bonds is 6. The van der Waals surface area contributed by atoms with Crippen molar-refractivity contribution in [2.75, 3.05) is 26.2 Å². The Hall–Kier alpha value is -3.35. The fraction of sp³-hybridized carbons (Fsp3) is 0.444. The molecule has 1 saturated heterocycles. The van der Waals surface area contributed by atoms with Gasteiger partial charge >= 0.3 is 12.1 Å². The zero-order valence-electron chi connectivity index (χ0n) is 19.3. The number of likely N-dealkylation sites (tertiary alicyclic amines) is 1. The number of benzene rings is 2. The molecular formula is C27H30N2O5. The number of amides is 2. The van der Waals surface area contributed by atoms with Crippen LogP contribution in [-0.2, 0) is 14.3 Å². The van der Waals surface area contributed by atoms with Crippen molar-refractivity contribution >= 4 is 18.0 Å². The Morgan fingerprint density at radius 1 is 1.03 bits per heavy atom. The predicted molar refractivity (Wildman–Crippen MR) is 126 cm³/mol. The van der Waals surface area contributed by atoms with Crippen LogP contribution in [0.4, 0.5) is 4.79 Å². The van der Waals surface area contributed by atoms with Gasteiger partial charge < -0.3 is 20.1 Å². The fourth-order valence-electron chi connectivity index (χ4n) is 5.31. The highest BCUT2D eigenvalue weighted by atomic mass is 16.5. The van der Waals surface area contributed by atoms with Gasteiger partial charge in [-0.3, -0.25) is 9.59 Å². The first-order valence-corrected chi connectivity index (χ1v) is 12.0. The summed E-state index contributed by atoms with van der Waals surface area (Å²) in [6.07, 6.45) is 1.23. The molecule has 2 atom stereocenters. The van der Waals surface area contributed by atoms with Gasteiger partial charge in [0, 0.05) is 31.5 Å². The van der Waals surface area contributed by atoms with Crippen molar-refractivity contribution in [1.29, 1.82) is 0 Å². The molecule has 5 rings (SSSR count). The second-order valence-corrected chi connectivity index (χ2v) is 10.00. The quantitative estimate of drug-likeness (QED) is 0.679. The second kappa shape index (κ2) is 8.78. The van der Waals surface area contributed by atoms with E-state index in [0.717, 1.165) is 6.42 Å². The van der Waals surface area contributed by atoms with Gasteiger partial charge in [-0.1, -0.05) is 48.5 Å². The molecule has 0 bridgehead atoms. The summed E-state index contributed by atoms with van der Waals surface area (Å²) < 4.78 is 5.57. The normalized spacial score (nSPS) is 22.4. The summed E-state index contributed by atoms with van der Waals surface area (Å²) in [5.74, 6) is -0.684. The van der Waals surface area contributed by atoms with Gasteiger partial charge in [0.15, 0.2) is 0 Å². The Kier molecular flexibility index (Phi) is 5.80. The van der Waals surface area contributed by atoms with Crippen LogP contribution in [0.1, 0.15) is 43.2 Å². The lowest BCUT2D eigenvalue weighted by Gasteiger charge is -2.36. The Morgan fingerprint density at radius 3 is 2.21 bits per heavy atom. The smallest absolute Gasteiger partial charge is 0.407 e. The number of fused-ring (bicyclic) bond motifs is 3. The number of piperidine rings is 1. The summed E-state index contributed by atoms with van der Waals surface area (Å²) in [4.78, 5) is 38.3. The molecular weight excluding hydrogens is 432 g/mol. The number of nitrogens with zero attached hydrogens (tertiary/aromatic N) is 1. The predicted octanol–water partition coefficient (Wildman–Crippen LogP) is 3.87. The van der Waals surface area contributed by atoms with Gasteiger partial charge in [0.25, 0.3) is 0 Å². The molecule has 2 fully saturated rings.